The van der Waals surface area contributed by atoms with Crippen LogP contribution in [0, 0.1) is 37.8 Å². The zero-order valence-corrected chi connectivity index (χ0v) is 26.6. The Kier molecular flexibility index (Phi) is 10.0. The molecule has 0 spiro atoms. The maximum absolute atomic E-state index is 3.37. The molecule has 0 fully saturated rings. The molecule has 4 aromatic carbocycles. The number of allylic oxidation sites excluding steroid dienone is 4. The third kappa shape index (κ3) is 7.61. The molecule has 0 aliphatic heterocycles. The second-order valence-electron chi connectivity index (χ2n) is 10.8. The molecule has 6 rings (SSSR count). The van der Waals surface area contributed by atoms with Crippen molar-refractivity contribution in [2.24, 2.45) is 11.8 Å². The van der Waals surface area contributed by atoms with Gasteiger partial charge in [-0.2, -0.15) is 41.5 Å². The maximum Gasteiger partial charge on any atom is -0.0253 e. The van der Waals surface area contributed by atoms with E-state index >= 15 is 0 Å². The van der Waals surface area contributed by atoms with E-state index in [1.54, 1.807) is 0 Å². The minimum Gasteiger partial charge on any atom is -0.179 e. The van der Waals surface area contributed by atoms with Gasteiger partial charge in [0.15, 0.2) is 0 Å². The van der Waals surface area contributed by atoms with Crippen molar-refractivity contribution in [1.82, 2.24) is 0 Å². The number of aryl methyl sites for hydroxylation is 2. The first kappa shape index (κ1) is 29.1. The molecule has 1 unspecified atom stereocenters. The molecule has 0 nitrogen and oxygen atoms in total. The zero-order chi connectivity index (χ0) is 27.9. The normalized spacial score (nSPS) is 14.7. The van der Waals surface area contributed by atoms with Gasteiger partial charge >= 0.3 is 112 Å². The average molecular weight is 586 g/mol. The predicted octanol–water partition coefficient (Wildman–Crippen LogP) is 9.45. The van der Waals surface area contributed by atoms with E-state index in [0.717, 1.165) is 6.42 Å². The van der Waals surface area contributed by atoms with Crippen molar-refractivity contribution in [3.05, 3.63) is 154 Å². The summed E-state index contributed by atoms with van der Waals surface area (Å²) in [5, 5.41) is 0. The predicted molar refractivity (Wildman–Crippen MR) is 164 cm³/mol. The van der Waals surface area contributed by atoms with E-state index in [0.29, 0.717) is 11.8 Å². The van der Waals surface area contributed by atoms with Crippen LogP contribution in [0.2, 0.25) is 0 Å². The van der Waals surface area contributed by atoms with E-state index < -0.39 is 0 Å². The fourth-order valence-electron chi connectivity index (χ4n) is 5.09. The van der Waals surface area contributed by atoms with E-state index in [2.05, 4.69) is 145 Å². The van der Waals surface area contributed by atoms with Crippen LogP contribution in [0.3, 0.4) is 0 Å². The van der Waals surface area contributed by atoms with Gasteiger partial charge in [0.1, 0.15) is 0 Å². The van der Waals surface area contributed by atoms with Crippen LogP contribution in [0.15, 0.2) is 108 Å². The van der Waals surface area contributed by atoms with Crippen molar-refractivity contribution in [2.75, 3.05) is 0 Å². The molecule has 39 heavy (non-hydrogen) atoms. The Bertz CT molecular complexity index is 1390. The van der Waals surface area contributed by atoms with Gasteiger partial charge in [-0.25, -0.2) is 5.57 Å². The first-order valence-corrected chi connectivity index (χ1v) is 15.1. The molecule has 0 amide bonds. The van der Waals surface area contributed by atoms with Gasteiger partial charge in [0.05, 0.1) is 0 Å². The maximum atomic E-state index is 3.37. The van der Waals surface area contributed by atoms with E-state index in [4.69, 9.17) is 0 Å². The summed E-state index contributed by atoms with van der Waals surface area (Å²) >= 11 is 1.46. The molecule has 0 N–H and O–H groups in total. The van der Waals surface area contributed by atoms with E-state index in [-0.39, 0.29) is 0 Å². The zero-order valence-electron chi connectivity index (χ0n) is 24.1. The summed E-state index contributed by atoms with van der Waals surface area (Å²) in [6, 6.07) is 35.6. The van der Waals surface area contributed by atoms with Crippen LogP contribution < -0.4 is 0 Å². The summed E-state index contributed by atoms with van der Waals surface area (Å²) in [6.07, 6.45) is 6.73. The van der Waals surface area contributed by atoms with Crippen LogP contribution in [0.1, 0.15) is 61.1 Å². The van der Waals surface area contributed by atoms with Gasteiger partial charge in [-0.05, 0) is 6.42 Å². The molecule has 0 heterocycles. The van der Waals surface area contributed by atoms with Crippen LogP contribution in [0.5, 0.6) is 0 Å². The second kappa shape index (κ2) is 13.5. The van der Waals surface area contributed by atoms with Crippen LogP contribution in [0.4, 0.5) is 0 Å². The Morgan fingerprint density at radius 2 is 1.33 bits per heavy atom. The number of rotatable bonds is 3. The van der Waals surface area contributed by atoms with Crippen LogP contribution in [-0.4, -0.2) is 3.21 Å². The van der Waals surface area contributed by atoms with Crippen molar-refractivity contribution in [1.29, 1.82) is 0 Å². The Labute approximate surface area is 250 Å². The van der Waals surface area contributed by atoms with Crippen LogP contribution in [-0.2, 0) is 30.7 Å². The first-order chi connectivity index (χ1) is 18.7. The summed E-state index contributed by atoms with van der Waals surface area (Å²) in [4.78, 5) is 0. The number of fused-ring (bicyclic) bond motifs is 3. The summed E-state index contributed by atoms with van der Waals surface area (Å²) in [6.45, 7) is 13.0. The van der Waals surface area contributed by atoms with Gasteiger partial charge in [0, 0.05) is 0 Å². The second-order valence-corrected chi connectivity index (χ2v) is 12.1. The largest absolute Gasteiger partial charge is 0.179 e. The van der Waals surface area contributed by atoms with Gasteiger partial charge in [0.2, 0.25) is 0 Å². The van der Waals surface area contributed by atoms with Crippen molar-refractivity contribution >= 4 is 3.21 Å². The van der Waals surface area contributed by atoms with Crippen molar-refractivity contribution < 1.29 is 24.2 Å². The van der Waals surface area contributed by atoms with Gasteiger partial charge in [-0.1, -0.05) is 74.9 Å². The molecule has 0 radical (unpaired) electrons. The first-order valence-electron chi connectivity index (χ1n) is 13.9. The summed E-state index contributed by atoms with van der Waals surface area (Å²) in [5.74, 6) is 1.20. The fourth-order valence-corrected chi connectivity index (χ4v) is 5.91. The molecule has 4 aromatic rings. The standard InChI is InChI=1S/C15H14.C13H9.C10H15.Zr/c1-12-3-7-14(8-4-12)11-15-9-5-13(2)6-10-15;1-3-7-12-10(5-1)9-11-6-2-4-8-13(11)12;1-7(2)10-6-8(3)5-9(10)4;/h3-10H,1-2H3;1-5,7-8H,9H2;6-8H,1-4H3;/q;2*-1;+2. The molecule has 2 aliphatic carbocycles. The molecule has 0 bridgehead atoms. The Balaban J connectivity index is 0.000000140. The molecule has 0 aromatic heterocycles. The molecular weight excluding hydrogens is 548 g/mol. The number of hydrogen-bond donors (Lipinski definition) is 0. The minimum absolute atomic E-state index is 0.539. The van der Waals surface area contributed by atoms with E-state index in [1.807, 2.05) is 6.07 Å². The SMILES string of the molecule is CC1=[C-]C(C)C=C1C(C)C.Cc1ccc([C](=[Zr+2])c2ccc(C)cc2)cc1.[c-]1cccc2c1Cc1ccccc1-2. The van der Waals surface area contributed by atoms with E-state index in [9.17, 15) is 0 Å². The summed E-state index contributed by atoms with van der Waals surface area (Å²) < 4.78 is 1.42. The smallest absolute Gasteiger partial charge is 0.0253 e. The van der Waals surface area contributed by atoms with Gasteiger partial charge in [0.25, 0.3) is 0 Å². The molecule has 1 atom stereocenters. The van der Waals surface area contributed by atoms with E-state index in [1.165, 1.54) is 83.1 Å². The molecule has 0 saturated carbocycles. The Morgan fingerprint density at radius 1 is 0.769 bits per heavy atom. The molecule has 194 valence electrons. The molecule has 0 saturated heterocycles. The Hall–Kier alpha value is -2.89. The summed E-state index contributed by atoms with van der Waals surface area (Å²) in [5.41, 5.74) is 13.7. The summed E-state index contributed by atoms with van der Waals surface area (Å²) in [7, 11) is 0. The third-order valence-corrected chi connectivity index (χ3v) is 8.64. The molecular formula is C38H38Zr. The van der Waals surface area contributed by atoms with Crippen molar-refractivity contribution in [3.63, 3.8) is 0 Å². The number of hydrogen-bond acceptors (Lipinski definition) is 0. The fraction of sp³-hybridized carbons (Fsp3) is 0.237. The molecule has 2 aliphatic rings. The topological polar surface area (TPSA) is 0 Å². The van der Waals surface area contributed by atoms with Gasteiger partial charge < -0.3 is 0 Å². The van der Waals surface area contributed by atoms with Gasteiger partial charge in [-0.3, -0.25) is 6.08 Å². The molecule has 1 heteroatoms. The van der Waals surface area contributed by atoms with Crippen LogP contribution >= 0.6 is 0 Å². The van der Waals surface area contributed by atoms with Crippen LogP contribution in [0.25, 0.3) is 11.1 Å². The van der Waals surface area contributed by atoms with Crippen molar-refractivity contribution in [3.8, 4) is 11.1 Å². The quantitative estimate of drug-likeness (QED) is 0.185. The number of benzene rings is 4. The third-order valence-electron chi connectivity index (χ3n) is 7.23. The average Bonchev–Trinajstić information content (AvgIpc) is 3.49. The van der Waals surface area contributed by atoms with Gasteiger partial charge in [-0.15, -0.1) is 5.56 Å². The monoisotopic (exact) mass is 584 g/mol. The van der Waals surface area contributed by atoms with Crippen molar-refractivity contribution in [2.45, 2.75) is 48.0 Å². The Morgan fingerprint density at radius 3 is 1.85 bits per heavy atom. The minimum atomic E-state index is 0.539.